The molecular weight excluding hydrogens is 281 g/mol. The summed E-state index contributed by atoms with van der Waals surface area (Å²) in [4.78, 5) is 0. The van der Waals surface area contributed by atoms with Crippen LogP contribution in [0.2, 0.25) is 0 Å². The Morgan fingerprint density at radius 3 is 2.43 bits per heavy atom. The van der Waals surface area contributed by atoms with Crippen molar-refractivity contribution in [1.82, 2.24) is 10.2 Å². The molecule has 0 saturated carbocycles. The highest BCUT2D eigenvalue weighted by atomic mass is 19.4. The molecule has 0 atom stereocenters. The summed E-state index contributed by atoms with van der Waals surface area (Å²) in [5.41, 5.74) is 0.217. The van der Waals surface area contributed by atoms with Gasteiger partial charge < -0.3 is 4.42 Å². The molecule has 3 rings (SSSR count). The SMILES string of the molecule is FC(F)(F)c1[nH]nc(-c2ccco2)c1Cc1ccccc1. The van der Waals surface area contributed by atoms with Crippen LogP contribution in [0.5, 0.6) is 0 Å². The van der Waals surface area contributed by atoms with Gasteiger partial charge in [0.1, 0.15) is 11.4 Å². The Balaban J connectivity index is 2.09. The molecule has 2 heterocycles. The van der Waals surface area contributed by atoms with E-state index in [4.69, 9.17) is 4.42 Å². The lowest BCUT2D eigenvalue weighted by Gasteiger charge is -2.08. The van der Waals surface area contributed by atoms with Crippen LogP contribution in [0.15, 0.2) is 53.1 Å². The molecule has 0 aliphatic heterocycles. The van der Waals surface area contributed by atoms with Gasteiger partial charge in [0.25, 0.3) is 0 Å². The third-order valence-electron chi connectivity index (χ3n) is 3.13. The Morgan fingerprint density at radius 1 is 1.05 bits per heavy atom. The van der Waals surface area contributed by atoms with E-state index in [1.54, 1.807) is 36.4 Å². The van der Waals surface area contributed by atoms with E-state index in [0.29, 0.717) is 5.76 Å². The number of aromatic amines is 1. The van der Waals surface area contributed by atoms with Crippen molar-refractivity contribution < 1.29 is 17.6 Å². The van der Waals surface area contributed by atoms with Crippen molar-refractivity contribution in [3.63, 3.8) is 0 Å². The Kier molecular flexibility index (Phi) is 3.29. The smallest absolute Gasteiger partial charge is 0.433 e. The summed E-state index contributed by atoms with van der Waals surface area (Å²) in [6, 6.07) is 12.1. The van der Waals surface area contributed by atoms with Crippen molar-refractivity contribution in [3.05, 3.63) is 65.5 Å². The molecule has 3 aromatic rings. The quantitative estimate of drug-likeness (QED) is 0.783. The number of rotatable bonds is 3. The molecule has 0 saturated heterocycles. The molecule has 0 radical (unpaired) electrons. The summed E-state index contributed by atoms with van der Waals surface area (Å²) < 4.78 is 44.5. The normalized spacial score (nSPS) is 11.8. The van der Waals surface area contributed by atoms with Crippen LogP contribution in [0.25, 0.3) is 11.5 Å². The predicted octanol–water partition coefficient (Wildman–Crippen LogP) is 4.28. The third kappa shape index (κ3) is 2.69. The minimum atomic E-state index is -4.48. The number of nitrogens with one attached hydrogen (secondary N) is 1. The fourth-order valence-corrected chi connectivity index (χ4v) is 2.19. The zero-order chi connectivity index (χ0) is 14.9. The van der Waals surface area contributed by atoms with Crippen molar-refractivity contribution in [2.24, 2.45) is 0 Å². The first-order valence-corrected chi connectivity index (χ1v) is 6.28. The van der Waals surface area contributed by atoms with Crippen LogP contribution >= 0.6 is 0 Å². The van der Waals surface area contributed by atoms with Gasteiger partial charge in [-0.15, -0.1) is 0 Å². The molecular formula is C15H11F3N2O. The highest BCUT2D eigenvalue weighted by molar-refractivity contribution is 5.59. The first-order valence-electron chi connectivity index (χ1n) is 6.28. The largest absolute Gasteiger partial charge is 0.463 e. The summed E-state index contributed by atoms with van der Waals surface area (Å²) >= 11 is 0. The molecule has 108 valence electrons. The minimum absolute atomic E-state index is 0.0867. The zero-order valence-corrected chi connectivity index (χ0v) is 10.8. The number of benzene rings is 1. The number of alkyl halides is 3. The van der Waals surface area contributed by atoms with Crippen molar-refractivity contribution >= 4 is 0 Å². The van der Waals surface area contributed by atoms with Crippen LogP contribution in [0, 0.1) is 0 Å². The van der Waals surface area contributed by atoms with Gasteiger partial charge in [0.05, 0.1) is 6.26 Å². The van der Waals surface area contributed by atoms with Crippen molar-refractivity contribution in [2.75, 3.05) is 0 Å². The number of aromatic nitrogens is 2. The average Bonchev–Trinajstić information content (AvgIpc) is 3.07. The molecule has 0 bridgehead atoms. The standard InChI is InChI=1S/C15H11F3N2O/c16-15(17,18)14-11(9-10-5-2-1-3-6-10)13(19-20-14)12-7-4-8-21-12/h1-8H,9H2,(H,19,20). The summed E-state index contributed by atoms with van der Waals surface area (Å²) in [7, 11) is 0. The minimum Gasteiger partial charge on any atom is -0.463 e. The van der Waals surface area contributed by atoms with E-state index in [1.807, 2.05) is 6.07 Å². The van der Waals surface area contributed by atoms with Gasteiger partial charge in [-0.3, -0.25) is 5.10 Å². The van der Waals surface area contributed by atoms with Crippen LogP contribution < -0.4 is 0 Å². The van der Waals surface area contributed by atoms with E-state index in [2.05, 4.69) is 10.2 Å². The van der Waals surface area contributed by atoms with Gasteiger partial charge in [0.15, 0.2) is 5.76 Å². The number of hydrogen-bond donors (Lipinski definition) is 1. The summed E-state index contributed by atoms with van der Waals surface area (Å²) in [5, 5.41) is 5.87. The molecule has 0 spiro atoms. The number of hydrogen-bond acceptors (Lipinski definition) is 2. The van der Waals surface area contributed by atoms with Crippen LogP contribution in [0.4, 0.5) is 13.2 Å². The maximum atomic E-state index is 13.1. The van der Waals surface area contributed by atoms with Gasteiger partial charge in [-0.2, -0.15) is 18.3 Å². The number of furan rings is 1. The van der Waals surface area contributed by atoms with Crippen LogP contribution in [-0.4, -0.2) is 10.2 Å². The Labute approximate surface area is 118 Å². The fraction of sp³-hybridized carbons (Fsp3) is 0.133. The molecule has 0 aliphatic carbocycles. The second-order valence-corrected chi connectivity index (χ2v) is 4.56. The Bertz CT molecular complexity index is 715. The van der Waals surface area contributed by atoms with E-state index in [9.17, 15) is 13.2 Å². The lowest BCUT2D eigenvalue weighted by atomic mass is 10.0. The third-order valence-corrected chi connectivity index (χ3v) is 3.13. The topological polar surface area (TPSA) is 41.8 Å². The van der Waals surface area contributed by atoms with E-state index < -0.39 is 11.9 Å². The second-order valence-electron chi connectivity index (χ2n) is 4.56. The van der Waals surface area contributed by atoms with Gasteiger partial charge in [0, 0.05) is 12.0 Å². The molecule has 0 fully saturated rings. The zero-order valence-electron chi connectivity index (χ0n) is 10.8. The highest BCUT2D eigenvalue weighted by Gasteiger charge is 2.37. The maximum Gasteiger partial charge on any atom is 0.433 e. The monoisotopic (exact) mass is 292 g/mol. The van der Waals surface area contributed by atoms with E-state index in [-0.39, 0.29) is 17.7 Å². The molecule has 2 aromatic heterocycles. The van der Waals surface area contributed by atoms with E-state index in [1.165, 1.54) is 6.26 Å². The molecule has 0 unspecified atom stereocenters. The molecule has 1 aromatic carbocycles. The van der Waals surface area contributed by atoms with Gasteiger partial charge in [-0.25, -0.2) is 0 Å². The van der Waals surface area contributed by atoms with E-state index >= 15 is 0 Å². The molecule has 3 nitrogen and oxygen atoms in total. The first kappa shape index (κ1) is 13.5. The summed E-state index contributed by atoms with van der Waals surface area (Å²) in [6.45, 7) is 0. The Hall–Kier alpha value is -2.50. The van der Waals surface area contributed by atoms with Crippen LogP contribution in [-0.2, 0) is 12.6 Å². The maximum absolute atomic E-state index is 13.1. The Morgan fingerprint density at radius 2 is 1.81 bits per heavy atom. The van der Waals surface area contributed by atoms with Gasteiger partial charge in [-0.05, 0) is 17.7 Å². The number of nitrogens with zero attached hydrogens (tertiary/aromatic N) is 1. The van der Waals surface area contributed by atoms with Crippen LogP contribution in [0.1, 0.15) is 16.8 Å². The second kappa shape index (κ2) is 5.12. The fourth-order valence-electron chi connectivity index (χ4n) is 2.19. The summed E-state index contributed by atoms with van der Waals surface area (Å²) in [6.07, 6.45) is -2.95. The first-order chi connectivity index (χ1) is 10.1. The summed E-state index contributed by atoms with van der Waals surface area (Å²) in [5.74, 6) is 0.313. The van der Waals surface area contributed by atoms with E-state index in [0.717, 1.165) is 5.56 Å². The molecule has 0 amide bonds. The number of halogens is 3. The molecule has 1 N–H and O–H groups in total. The number of H-pyrrole nitrogens is 1. The molecule has 0 aliphatic rings. The van der Waals surface area contributed by atoms with Crippen molar-refractivity contribution in [1.29, 1.82) is 0 Å². The average molecular weight is 292 g/mol. The van der Waals surface area contributed by atoms with Crippen molar-refractivity contribution in [3.8, 4) is 11.5 Å². The lowest BCUT2D eigenvalue weighted by molar-refractivity contribution is -0.141. The van der Waals surface area contributed by atoms with Gasteiger partial charge in [0.2, 0.25) is 0 Å². The predicted molar refractivity (Wildman–Crippen MR) is 70.5 cm³/mol. The molecule has 21 heavy (non-hydrogen) atoms. The highest BCUT2D eigenvalue weighted by Crippen LogP contribution is 2.36. The molecule has 6 heteroatoms. The van der Waals surface area contributed by atoms with Gasteiger partial charge >= 0.3 is 6.18 Å². The van der Waals surface area contributed by atoms with Gasteiger partial charge in [-0.1, -0.05) is 30.3 Å². The van der Waals surface area contributed by atoms with Crippen LogP contribution in [0.3, 0.4) is 0 Å². The lowest BCUT2D eigenvalue weighted by Crippen LogP contribution is -2.09. The van der Waals surface area contributed by atoms with Crippen molar-refractivity contribution in [2.45, 2.75) is 12.6 Å².